The van der Waals surface area contributed by atoms with E-state index in [1.807, 2.05) is 0 Å². The minimum atomic E-state index is -0.935. The molecule has 2 saturated heterocycles. The molecule has 3 rings (SSSR count). The molecule has 18 heavy (non-hydrogen) atoms. The minimum Gasteiger partial charge on any atom is -0.476 e. The summed E-state index contributed by atoms with van der Waals surface area (Å²) in [4.78, 5) is 19.9. The number of hydrogen-bond acceptors (Lipinski definition) is 5. The van der Waals surface area contributed by atoms with Gasteiger partial charge in [0.25, 0.3) is 0 Å². The van der Waals surface area contributed by atoms with E-state index in [0.29, 0.717) is 6.04 Å². The topological polar surface area (TPSA) is 56.7 Å². The summed E-state index contributed by atoms with van der Waals surface area (Å²) >= 11 is 1.44. The van der Waals surface area contributed by atoms with Gasteiger partial charge >= 0.3 is 5.97 Å². The Labute approximate surface area is 110 Å². The molecule has 0 radical (unpaired) electrons. The third-order valence-corrected chi connectivity index (χ3v) is 4.69. The number of thiazole rings is 1. The maximum Gasteiger partial charge on any atom is 0.355 e. The molecule has 98 valence electrons. The molecular weight excluding hydrogens is 250 g/mol. The Morgan fingerprint density at radius 2 is 2.22 bits per heavy atom. The summed E-state index contributed by atoms with van der Waals surface area (Å²) in [6.45, 7) is 4.36. The maximum absolute atomic E-state index is 10.9. The lowest BCUT2D eigenvalue weighted by Gasteiger charge is -2.25. The van der Waals surface area contributed by atoms with Gasteiger partial charge in [0.15, 0.2) is 10.8 Å². The van der Waals surface area contributed by atoms with Gasteiger partial charge in [-0.15, -0.1) is 11.3 Å². The number of nitrogens with zero attached hydrogens (tertiary/aromatic N) is 3. The van der Waals surface area contributed by atoms with Crippen LogP contribution in [-0.4, -0.2) is 53.2 Å². The van der Waals surface area contributed by atoms with Crippen LogP contribution in [0.5, 0.6) is 0 Å². The highest BCUT2D eigenvalue weighted by Gasteiger charge is 2.29. The van der Waals surface area contributed by atoms with E-state index in [1.54, 1.807) is 5.38 Å². The van der Waals surface area contributed by atoms with Gasteiger partial charge in [-0.2, -0.15) is 0 Å². The zero-order chi connectivity index (χ0) is 12.5. The van der Waals surface area contributed by atoms with Crippen LogP contribution in [0.15, 0.2) is 5.38 Å². The van der Waals surface area contributed by atoms with Gasteiger partial charge in [-0.25, -0.2) is 9.78 Å². The largest absolute Gasteiger partial charge is 0.476 e. The van der Waals surface area contributed by atoms with Crippen LogP contribution in [-0.2, 0) is 0 Å². The number of anilines is 1. The zero-order valence-electron chi connectivity index (χ0n) is 10.2. The second-order valence-electron chi connectivity index (χ2n) is 4.95. The lowest BCUT2D eigenvalue weighted by Crippen LogP contribution is -2.36. The van der Waals surface area contributed by atoms with E-state index in [9.17, 15) is 4.79 Å². The van der Waals surface area contributed by atoms with Crippen LogP contribution in [0.4, 0.5) is 5.13 Å². The smallest absolute Gasteiger partial charge is 0.355 e. The van der Waals surface area contributed by atoms with E-state index < -0.39 is 5.97 Å². The van der Waals surface area contributed by atoms with Crippen molar-refractivity contribution in [2.24, 2.45) is 0 Å². The molecule has 0 bridgehead atoms. The van der Waals surface area contributed by atoms with Gasteiger partial charge in [-0.05, 0) is 25.8 Å². The Bertz CT molecular complexity index is 448. The predicted octanol–water partition coefficient (Wildman–Crippen LogP) is 1.52. The Kier molecular flexibility index (Phi) is 3.22. The molecular formula is C12H17N3O2S. The van der Waals surface area contributed by atoms with E-state index in [-0.39, 0.29) is 5.69 Å². The second kappa shape index (κ2) is 4.85. The summed E-state index contributed by atoms with van der Waals surface area (Å²) in [5.41, 5.74) is 0.169. The van der Waals surface area contributed by atoms with Gasteiger partial charge in [-0.3, -0.25) is 4.90 Å². The molecule has 3 heterocycles. The molecule has 0 aromatic carbocycles. The zero-order valence-corrected chi connectivity index (χ0v) is 11.0. The number of fused-ring (bicyclic) bond motifs is 1. The van der Waals surface area contributed by atoms with Gasteiger partial charge < -0.3 is 10.0 Å². The average Bonchev–Trinajstić information content (AvgIpc) is 2.95. The van der Waals surface area contributed by atoms with Crippen molar-refractivity contribution in [2.75, 3.05) is 31.1 Å². The molecule has 0 aliphatic carbocycles. The van der Waals surface area contributed by atoms with Crippen LogP contribution in [0, 0.1) is 0 Å². The Morgan fingerprint density at radius 3 is 3.00 bits per heavy atom. The highest BCUT2D eigenvalue weighted by molar-refractivity contribution is 7.13. The summed E-state index contributed by atoms with van der Waals surface area (Å²) < 4.78 is 0. The van der Waals surface area contributed by atoms with Gasteiger partial charge in [-0.1, -0.05) is 0 Å². The number of aromatic carboxylic acids is 1. The van der Waals surface area contributed by atoms with Crippen LogP contribution in [0.3, 0.4) is 0 Å². The standard InChI is InChI=1S/C12H17N3O2S/c16-11(17)10-8-18-12(13-10)15-6-2-5-14-4-1-3-9(14)7-15/h8-9H,1-7H2,(H,16,17). The summed E-state index contributed by atoms with van der Waals surface area (Å²) in [5, 5.41) is 11.4. The fourth-order valence-corrected chi connectivity index (χ4v) is 3.72. The van der Waals surface area contributed by atoms with Crippen LogP contribution in [0.1, 0.15) is 29.8 Å². The molecule has 2 fully saturated rings. The first-order valence-electron chi connectivity index (χ1n) is 6.42. The molecule has 1 unspecified atom stereocenters. The highest BCUT2D eigenvalue weighted by Crippen LogP contribution is 2.27. The fourth-order valence-electron chi connectivity index (χ4n) is 2.89. The molecule has 0 saturated carbocycles. The lowest BCUT2D eigenvalue weighted by molar-refractivity contribution is 0.0691. The first-order chi connectivity index (χ1) is 8.74. The van der Waals surface area contributed by atoms with E-state index in [0.717, 1.165) is 24.6 Å². The fraction of sp³-hybridized carbons (Fsp3) is 0.667. The third kappa shape index (κ3) is 2.22. The maximum atomic E-state index is 10.9. The van der Waals surface area contributed by atoms with E-state index in [2.05, 4.69) is 14.8 Å². The number of carboxylic acids is 1. The summed E-state index contributed by atoms with van der Waals surface area (Å²) in [7, 11) is 0. The molecule has 1 aromatic rings. The average molecular weight is 267 g/mol. The van der Waals surface area contributed by atoms with Crippen molar-refractivity contribution in [3.63, 3.8) is 0 Å². The molecule has 2 aliphatic rings. The molecule has 0 amide bonds. The molecule has 1 aromatic heterocycles. The van der Waals surface area contributed by atoms with Crippen molar-refractivity contribution in [3.8, 4) is 0 Å². The molecule has 5 nitrogen and oxygen atoms in total. The first-order valence-corrected chi connectivity index (χ1v) is 7.30. The van der Waals surface area contributed by atoms with Crippen molar-refractivity contribution < 1.29 is 9.90 Å². The molecule has 1 N–H and O–H groups in total. The minimum absolute atomic E-state index is 0.169. The number of carbonyl (C=O) groups is 1. The van der Waals surface area contributed by atoms with Crippen molar-refractivity contribution in [1.82, 2.24) is 9.88 Å². The monoisotopic (exact) mass is 267 g/mol. The van der Waals surface area contributed by atoms with Crippen LogP contribution >= 0.6 is 11.3 Å². The molecule has 0 spiro atoms. The Hall–Kier alpha value is -1.14. The number of aromatic nitrogens is 1. The van der Waals surface area contributed by atoms with Crippen molar-refractivity contribution >= 4 is 22.4 Å². The van der Waals surface area contributed by atoms with E-state index >= 15 is 0 Å². The Morgan fingerprint density at radius 1 is 1.39 bits per heavy atom. The molecule has 2 aliphatic heterocycles. The SMILES string of the molecule is O=C(O)c1csc(N2CCCN3CCCC3C2)n1. The highest BCUT2D eigenvalue weighted by atomic mass is 32.1. The Balaban J connectivity index is 1.76. The van der Waals surface area contributed by atoms with Crippen LogP contribution < -0.4 is 4.90 Å². The van der Waals surface area contributed by atoms with Gasteiger partial charge in [0.1, 0.15) is 0 Å². The number of rotatable bonds is 2. The number of carboxylic acid groups (broad SMARTS) is 1. The first kappa shape index (κ1) is 11.9. The summed E-state index contributed by atoms with van der Waals surface area (Å²) in [6.07, 6.45) is 3.68. The van der Waals surface area contributed by atoms with Crippen molar-refractivity contribution in [1.29, 1.82) is 0 Å². The quantitative estimate of drug-likeness (QED) is 0.880. The third-order valence-electron chi connectivity index (χ3n) is 3.79. The van der Waals surface area contributed by atoms with Gasteiger partial charge in [0.05, 0.1) is 0 Å². The van der Waals surface area contributed by atoms with Gasteiger partial charge in [0.2, 0.25) is 0 Å². The summed E-state index contributed by atoms with van der Waals surface area (Å²) in [6, 6.07) is 0.629. The van der Waals surface area contributed by atoms with E-state index in [4.69, 9.17) is 5.11 Å². The summed E-state index contributed by atoms with van der Waals surface area (Å²) in [5.74, 6) is -0.935. The van der Waals surface area contributed by atoms with Crippen LogP contribution in [0.25, 0.3) is 0 Å². The predicted molar refractivity (Wildman–Crippen MR) is 70.5 cm³/mol. The van der Waals surface area contributed by atoms with E-state index in [1.165, 1.54) is 37.3 Å². The number of hydrogen-bond donors (Lipinski definition) is 1. The van der Waals surface area contributed by atoms with Crippen LogP contribution in [0.2, 0.25) is 0 Å². The molecule has 6 heteroatoms. The normalized spacial score (nSPS) is 24.9. The lowest BCUT2D eigenvalue weighted by atomic mass is 10.2. The van der Waals surface area contributed by atoms with Gasteiger partial charge in [0, 0.05) is 31.1 Å². The van der Waals surface area contributed by atoms with Crippen molar-refractivity contribution in [3.05, 3.63) is 11.1 Å². The molecule has 1 atom stereocenters. The van der Waals surface area contributed by atoms with Crippen molar-refractivity contribution in [2.45, 2.75) is 25.3 Å². The second-order valence-corrected chi connectivity index (χ2v) is 5.79.